The van der Waals surface area contributed by atoms with E-state index in [9.17, 15) is 15.0 Å². The molecule has 22 heavy (non-hydrogen) atoms. The van der Waals surface area contributed by atoms with Crippen molar-refractivity contribution in [3.8, 4) is 0 Å². The quantitative estimate of drug-likeness (QED) is 0.723. The molecule has 0 aliphatic heterocycles. The second kappa shape index (κ2) is 4.45. The fraction of sp³-hybridized carbons (Fsp3) is 0.842. The van der Waals surface area contributed by atoms with E-state index in [1.807, 2.05) is 6.92 Å². The summed E-state index contributed by atoms with van der Waals surface area (Å²) in [5.74, 6) is 0.872. The largest absolute Gasteiger partial charge is 0.392 e. The summed E-state index contributed by atoms with van der Waals surface area (Å²) in [4.78, 5) is 11.9. The maximum atomic E-state index is 11.9. The molecule has 4 rings (SSSR count). The second-order valence-electron chi connectivity index (χ2n) is 8.78. The van der Waals surface area contributed by atoms with Gasteiger partial charge < -0.3 is 10.2 Å². The van der Waals surface area contributed by atoms with E-state index in [0.29, 0.717) is 11.3 Å². The number of fused-ring (bicyclic) bond motifs is 5. The first-order valence-corrected chi connectivity index (χ1v) is 8.96. The van der Waals surface area contributed by atoms with Crippen molar-refractivity contribution in [3.05, 3.63) is 11.6 Å². The van der Waals surface area contributed by atoms with Crippen LogP contribution in [0.5, 0.6) is 0 Å². The molecule has 4 aliphatic carbocycles. The zero-order chi connectivity index (χ0) is 15.8. The van der Waals surface area contributed by atoms with Crippen LogP contribution in [0, 0.1) is 22.7 Å². The molecule has 0 aromatic rings. The van der Waals surface area contributed by atoms with Crippen molar-refractivity contribution in [3.63, 3.8) is 0 Å². The summed E-state index contributed by atoms with van der Waals surface area (Å²) in [5.41, 5.74) is -0.0970. The van der Waals surface area contributed by atoms with Crippen LogP contribution >= 0.6 is 0 Å². The molecule has 6 atom stereocenters. The zero-order valence-corrected chi connectivity index (χ0v) is 13.8. The van der Waals surface area contributed by atoms with E-state index in [0.717, 1.165) is 31.3 Å². The van der Waals surface area contributed by atoms with Gasteiger partial charge in [0, 0.05) is 11.8 Å². The molecule has 3 saturated carbocycles. The third kappa shape index (κ3) is 1.62. The Hall–Kier alpha value is -0.670. The van der Waals surface area contributed by atoms with Crippen molar-refractivity contribution in [1.82, 2.24) is 0 Å². The predicted octanol–water partition coefficient (Wildman–Crippen LogP) is 2.99. The van der Waals surface area contributed by atoms with Gasteiger partial charge in [0.1, 0.15) is 0 Å². The van der Waals surface area contributed by atoms with E-state index in [2.05, 4.69) is 6.92 Å². The van der Waals surface area contributed by atoms with E-state index in [1.54, 1.807) is 6.08 Å². The molecule has 0 bridgehead atoms. The minimum atomic E-state index is -0.842. The second-order valence-corrected chi connectivity index (χ2v) is 8.78. The fourth-order valence-electron chi connectivity index (χ4n) is 6.56. The van der Waals surface area contributed by atoms with Crippen LogP contribution in [0.2, 0.25) is 0 Å². The lowest BCUT2D eigenvalue weighted by Crippen LogP contribution is -2.66. The molecular formula is C19H28O3. The average molecular weight is 304 g/mol. The Labute approximate surface area is 132 Å². The average Bonchev–Trinajstić information content (AvgIpc) is 2.84. The molecule has 0 radical (unpaired) electrons. The number of carbonyl (C=O) groups is 1. The first-order chi connectivity index (χ1) is 10.3. The van der Waals surface area contributed by atoms with Gasteiger partial charge in [-0.1, -0.05) is 25.8 Å². The third-order valence-corrected chi connectivity index (χ3v) is 8.02. The predicted molar refractivity (Wildman–Crippen MR) is 84.2 cm³/mol. The first kappa shape index (κ1) is 14.9. The highest BCUT2D eigenvalue weighted by molar-refractivity contribution is 5.92. The number of carbonyl (C=O) groups excluding carboxylic acids is 1. The Balaban J connectivity index is 1.80. The SMILES string of the molecule is C[C@@]12CCC[C@H]1[C@@H]1CCC3=CC(=O)CC(O)[C@]3(C)C1(O)CC2. The minimum absolute atomic E-state index is 0.0172. The molecule has 0 saturated heterocycles. The molecule has 0 spiro atoms. The first-order valence-electron chi connectivity index (χ1n) is 8.96. The van der Waals surface area contributed by atoms with Gasteiger partial charge in [-0.2, -0.15) is 0 Å². The maximum Gasteiger partial charge on any atom is 0.158 e. The molecular weight excluding hydrogens is 276 g/mol. The van der Waals surface area contributed by atoms with Crippen LogP contribution < -0.4 is 0 Å². The van der Waals surface area contributed by atoms with Gasteiger partial charge in [0.05, 0.1) is 11.7 Å². The third-order valence-electron chi connectivity index (χ3n) is 8.02. The van der Waals surface area contributed by atoms with Crippen LogP contribution in [-0.4, -0.2) is 27.7 Å². The van der Waals surface area contributed by atoms with Gasteiger partial charge in [-0.25, -0.2) is 0 Å². The van der Waals surface area contributed by atoms with Gasteiger partial charge in [0.15, 0.2) is 5.78 Å². The number of rotatable bonds is 0. The van der Waals surface area contributed by atoms with E-state index in [4.69, 9.17) is 0 Å². The molecule has 2 N–H and O–H groups in total. The maximum absolute atomic E-state index is 11.9. The summed E-state index contributed by atoms with van der Waals surface area (Å²) in [7, 11) is 0. The van der Waals surface area contributed by atoms with Gasteiger partial charge in [-0.3, -0.25) is 4.79 Å². The Morgan fingerprint density at radius 2 is 1.91 bits per heavy atom. The Morgan fingerprint density at radius 3 is 2.68 bits per heavy atom. The lowest BCUT2D eigenvalue weighted by Gasteiger charge is -2.63. The molecule has 0 heterocycles. The lowest BCUT2D eigenvalue weighted by atomic mass is 9.44. The summed E-state index contributed by atoms with van der Waals surface area (Å²) in [6.07, 6.45) is 8.57. The fourth-order valence-corrected chi connectivity index (χ4v) is 6.56. The van der Waals surface area contributed by atoms with Gasteiger partial charge >= 0.3 is 0 Å². The van der Waals surface area contributed by atoms with Gasteiger partial charge in [-0.05, 0) is 61.9 Å². The molecule has 0 aromatic carbocycles. The normalized spacial score (nSPS) is 54.3. The Morgan fingerprint density at radius 1 is 1.14 bits per heavy atom. The summed E-state index contributed by atoms with van der Waals surface area (Å²) in [6, 6.07) is 0. The van der Waals surface area contributed by atoms with Crippen LogP contribution in [0.25, 0.3) is 0 Å². The zero-order valence-electron chi connectivity index (χ0n) is 13.8. The van der Waals surface area contributed by atoms with Gasteiger partial charge in [0.25, 0.3) is 0 Å². The van der Waals surface area contributed by atoms with E-state index < -0.39 is 17.1 Å². The highest BCUT2D eigenvalue weighted by atomic mass is 16.3. The van der Waals surface area contributed by atoms with Crippen molar-refractivity contribution in [2.75, 3.05) is 0 Å². The highest BCUT2D eigenvalue weighted by Crippen LogP contribution is 2.66. The molecule has 3 nitrogen and oxygen atoms in total. The van der Waals surface area contributed by atoms with Gasteiger partial charge in [0.2, 0.25) is 0 Å². The van der Waals surface area contributed by atoms with Crippen molar-refractivity contribution in [2.24, 2.45) is 22.7 Å². The van der Waals surface area contributed by atoms with E-state index in [1.165, 1.54) is 19.3 Å². The summed E-state index contributed by atoms with van der Waals surface area (Å²) < 4.78 is 0. The number of aliphatic hydroxyl groups excluding tert-OH is 1. The van der Waals surface area contributed by atoms with E-state index in [-0.39, 0.29) is 18.1 Å². The molecule has 3 fully saturated rings. The highest BCUT2D eigenvalue weighted by Gasteiger charge is 2.66. The number of aliphatic hydroxyl groups is 2. The monoisotopic (exact) mass is 304 g/mol. The van der Waals surface area contributed by atoms with Crippen molar-refractivity contribution in [2.45, 2.75) is 76.9 Å². The number of hydrogen-bond donors (Lipinski definition) is 2. The molecule has 0 amide bonds. The lowest BCUT2D eigenvalue weighted by molar-refractivity contribution is -0.213. The minimum Gasteiger partial charge on any atom is -0.392 e. The van der Waals surface area contributed by atoms with Gasteiger partial charge in [-0.15, -0.1) is 0 Å². The molecule has 4 aliphatic rings. The molecule has 0 aromatic heterocycles. The van der Waals surface area contributed by atoms with E-state index >= 15 is 0 Å². The molecule has 3 heteroatoms. The van der Waals surface area contributed by atoms with Crippen LogP contribution in [0.3, 0.4) is 0 Å². The van der Waals surface area contributed by atoms with Crippen LogP contribution in [0.1, 0.15) is 65.2 Å². The number of ketones is 1. The Bertz CT molecular complexity index is 553. The summed E-state index contributed by atoms with van der Waals surface area (Å²) in [6.45, 7) is 4.42. The van der Waals surface area contributed by atoms with Crippen molar-refractivity contribution >= 4 is 5.78 Å². The number of hydrogen-bond acceptors (Lipinski definition) is 3. The molecule has 122 valence electrons. The summed E-state index contributed by atoms with van der Waals surface area (Å²) >= 11 is 0. The van der Waals surface area contributed by atoms with Crippen LogP contribution in [0.4, 0.5) is 0 Å². The van der Waals surface area contributed by atoms with Crippen molar-refractivity contribution in [1.29, 1.82) is 0 Å². The molecule has 2 unspecified atom stereocenters. The summed E-state index contributed by atoms with van der Waals surface area (Å²) in [5, 5.41) is 22.5. The topological polar surface area (TPSA) is 57.5 Å². The van der Waals surface area contributed by atoms with Crippen molar-refractivity contribution < 1.29 is 15.0 Å². The smallest absolute Gasteiger partial charge is 0.158 e. The Kier molecular flexibility index (Phi) is 3.01. The van der Waals surface area contributed by atoms with Crippen LogP contribution in [-0.2, 0) is 4.79 Å². The standard InChI is InChI=1S/C19H28O3/c1-17-7-3-4-14(17)15-6-5-12-10-13(20)11-16(21)18(12,2)19(15,22)9-8-17/h10,14-16,21-22H,3-9,11H2,1-2H3/t14-,15-,16?,17-,18+,19?/m0/s1. The van der Waals surface area contributed by atoms with Crippen LogP contribution in [0.15, 0.2) is 11.6 Å².